The molecule has 0 radical (unpaired) electrons. The van der Waals surface area contributed by atoms with Crippen LogP contribution >= 0.6 is 11.6 Å². The van der Waals surface area contributed by atoms with Crippen LogP contribution in [0.3, 0.4) is 0 Å². The van der Waals surface area contributed by atoms with Gasteiger partial charge in [-0.2, -0.15) is 0 Å². The third-order valence-corrected chi connectivity index (χ3v) is 3.87. The Morgan fingerprint density at radius 1 is 1.35 bits per heavy atom. The highest BCUT2D eigenvalue weighted by atomic mass is 35.5. The maximum atomic E-state index is 12.6. The van der Waals surface area contributed by atoms with Gasteiger partial charge in [-0.1, -0.05) is 13.3 Å². The molecule has 1 atom stereocenters. The summed E-state index contributed by atoms with van der Waals surface area (Å²) in [6.07, 6.45) is 3.04. The van der Waals surface area contributed by atoms with Gasteiger partial charge < -0.3 is 5.32 Å². The van der Waals surface area contributed by atoms with Crippen LogP contribution in [-0.2, 0) is 25.3 Å². The summed E-state index contributed by atoms with van der Waals surface area (Å²) in [5.74, 6) is -0.410. The average Bonchev–Trinajstić information content (AvgIpc) is 2.52. The molecule has 0 fully saturated rings. The number of hydrogen-bond donors (Lipinski definition) is 1. The Balaban J connectivity index is 2.88. The van der Waals surface area contributed by atoms with E-state index in [0.717, 1.165) is 16.6 Å². The van der Waals surface area contributed by atoms with Crippen molar-refractivity contribution in [2.75, 3.05) is 5.32 Å². The Hall–Kier alpha value is -2.15. The van der Waals surface area contributed by atoms with Crippen LogP contribution in [0.2, 0.25) is 0 Å². The molecule has 2 rings (SSSR count). The zero-order valence-corrected chi connectivity index (χ0v) is 14.3. The molecule has 0 aliphatic carbocycles. The Labute approximate surface area is 137 Å². The van der Waals surface area contributed by atoms with Crippen LogP contribution in [0.25, 0.3) is 11.0 Å². The van der Waals surface area contributed by atoms with Crippen molar-refractivity contribution < 1.29 is 4.79 Å². The zero-order valence-electron chi connectivity index (χ0n) is 13.5. The first-order valence-corrected chi connectivity index (χ1v) is 7.75. The molecule has 2 aromatic rings. The van der Waals surface area contributed by atoms with Crippen LogP contribution in [0.15, 0.2) is 15.8 Å². The van der Waals surface area contributed by atoms with Crippen molar-refractivity contribution in [3.63, 3.8) is 0 Å². The topological polar surface area (TPSA) is 86.0 Å². The van der Waals surface area contributed by atoms with Crippen LogP contribution < -0.4 is 16.6 Å². The molecule has 1 unspecified atom stereocenters. The summed E-state index contributed by atoms with van der Waals surface area (Å²) in [6.45, 7) is 3.53. The van der Waals surface area contributed by atoms with Crippen LogP contribution in [-0.4, -0.2) is 25.4 Å². The lowest BCUT2D eigenvalue weighted by molar-refractivity contribution is -0.115. The summed E-state index contributed by atoms with van der Waals surface area (Å²) in [7, 11) is 2.93. The third-order valence-electron chi connectivity index (χ3n) is 3.68. The number of fused-ring (bicyclic) bond motifs is 1. The van der Waals surface area contributed by atoms with Crippen LogP contribution in [0.1, 0.15) is 25.8 Å². The van der Waals surface area contributed by atoms with Crippen molar-refractivity contribution in [1.82, 2.24) is 14.1 Å². The summed E-state index contributed by atoms with van der Waals surface area (Å²) >= 11 is 5.82. The molecule has 1 amide bonds. The largest absolute Gasteiger partial charge is 0.332 e. The molecule has 0 saturated carbocycles. The van der Waals surface area contributed by atoms with E-state index in [4.69, 9.17) is 11.6 Å². The van der Waals surface area contributed by atoms with Gasteiger partial charge in [-0.3, -0.25) is 18.7 Å². The fourth-order valence-corrected chi connectivity index (χ4v) is 2.45. The Bertz CT molecular complexity index is 883. The van der Waals surface area contributed by atoms with Gasteiger partial charge in [-0.15, -0.1) is 11.6 Å². The van der Waals surface area contributed by atoms with Gasteiger partial charge in [0.15, 0.2) is 5.65 Å². The first kappa shape index (κ1) is 17.2. The normalized spacial score (nSPS) is 12.4. The van der Waals surface area contributed by atoms with Crippen molar-refractivity contribution in [2.24, 2.45) is 14.1 Å². The number of pyridine rings is 1. The number of nitrogens with zero attached hydrogens (tertiary/aromatic N) is 3. The molecule has 0 aliphatic rings. The number of anilines is 1. The average molecular weight is 339 g/mol. The number of alkyl halides is 1. The Kier molecular flexibility index (Phi) is 4.89. The van der Waals surface area contributed by atoms with Gasteiger partial charge in [0.05, 0.1) is 5.69 Å². The lowest BCUT2D eigenvalue weighted by Gasteiger charge is -2.15. The van der Waals surface area contributed by atoms with E-state index in [1.54, 1.807) is 13.1 Å². The quantitative estimate of drug-likeness (QED) is 0.847. The van der Waals surface area contributed by atoms with Crippen molar-refractivity contribution in [3.05, 3.63) is 32.6 Å². The zero-order chi connectivity index (χ0) is 17.3. The minimum absolute atomic E-state index is 0.214. The number of aryl methyl sites for hydroxylation is 2. The number of amides is 1. The SMILES string of the molecule is CCCc1cnc2c(c1NC(=O)C(C)Cl)c(=O)n(C)c(=O)n2C. The molecule has 8 heteroatoms. The molecule has 0 saturated heterocycles. The van der Waals surface area contributed by atoms with E-state index in [-0.39, 0.29) is 11.0 Å². The van der Waals surface area contributed by atoms with E-state index < -0.39 is 22.5 Å². The molecule has 0 spiro atoms. The summed E-state index contributed by atoms with van der Waals surface area (Å²) < 4.78 is 2.28. The molecule has 7 nitrogen and oxygen atoms in total. The van der Waals surface area contributed by atoms with Gasteiger partial charge >= 0.3 is 5.69 Å². The second kappa shape index (κ2) is 6.54. The number of rotatable bonds is 4. The highest BCUT2D eigenvalue weighted by Crippen LogP contribution is 2.24. The van der Waals surface area contributed by atoms with Crippen molar-refractivity contribution in [3.8, 4) is 0 Å². The Morgan fingerprint density at radius 3 is 2.57 bits per heavy atom. The fourth-order valence-electron chi connectivity index (χ4n) is 2.39. The van der Waals surface area contributed by atoms with E-state index in [9.17, 15) is 14.4 Å². The van der Waals surface area contributed by atoms with Crippen molar-refractivity contribution in [2.45, 2.75) is 32.1 Å². The lowest BCUT2D eigenvalue weighted by atomic mass is 10.1. The third kappa shape index (κ3) is 3.01. The van der Waals surface area contributed by atoms with Gasteiger partial charge in [-0.05, 0) is 18.9 Å². The maximum Gasteiger partial charge on any atom is 0.332 e. The first-order chi connectivity index (χ1) is 10.8. The molecule has 2 heterocycles. The number of nitrogens with one attached hydrogen (secondary N) is 1. The van der Waals surface area contributed by atoms with E-state index >= 15 is 0 Å². The van der Waals surface area contributed by atoms with E-state index in [0.29, 0.717) is 12.1 Å². The fraction of sp³-hybridized carbons (Fsp3) is 0.467. The van der Waals surface area contributed by atoms with Crippen LogP contribution in [0.5, 0.6) is 0 Å². The second-order valence-electron chi connectivity index (χ2n) is 5.42. The maximum absolute atomic E-state index is 12.6. The number of carbonyl (C=O) groups excluding carboxylic acids is 1. The molecular weight excluding hydrogens is 320 g/mol. The van der Waals surface area contributed by atoms with Crippen LogP contribution in [0.4, 0.5) is 5.69 Å². The van der Waals surface area contributed by atoms with Crippen molar-refractivity contribution >= 4 is 34.2 Å². The second-order valence-corrected chi connectivity index (χ2v) is 6.07. The smallest absolute Gasteiger partial charge is 0.324 e. The summed E-state index contributed by atoms with van der Waals surface area (Å²) in [4.78, 5) is 40.8. The lowest BCUT2D eigenvalue weighted by Crippen LogP contribution is -2.38. The highest BCUT2D eigenvalue weighted by molar-refractivity contribution is 6.32. The van der Waals surface area contributed by atoms with E-state index in [1.807, 2.05) is 6.92 Å². The summed E-state index contributed by atoms with van der Waals surface area (Å²) in [6, 6.07) is 0. The number of aromatic nitrogens is 3. The predicted molar refractivity (Wildman–Crippen MR) is 90.2 cm³/mol. The summed E-state index contributed by atoms with van der Waals surface area (Å²) in [5, 5.41) is 2.18. The van der Waals surface area contributed by atoms with Gasteiger partial charge in [0.2, 0.25) is 5.91 Å². The molecule has 0 aliphatic heterocycles. The molecule has 124 valence electrons. The number of hydrogen-bond acceptors (Lipinski definition) is 4. The van der Waals surface area contributed by atoms with Gasteiger partial charge in [-0.25, -0.2) is 9.78 Å². The van der Waals surface area contributed by atoms with Gasteiger partial charge in [0.1, 0.15) is 10.8 Å². The van der Waals surface area contributed by atoms with E-state index in [1.165, 1.54) is 18.7 Å². The first-order valence-electron chi connectivity index (χ1n) is 7.32. The minimum Gasteiger partial charge on any atom is -0.324 e. The van der Waals surface area contributed by atoms with Crippen LogP contribution in [0, 0.1) is 0 Å². The Morgan fingerprint density at radius 2 is 2.00 bits per heavy atom. The monoisotopic (exact) mass is 338 g/mol. The molecule has 23 heavy (non-hydrogen) atoms. The highest BCUT2D eigenvalue weighted by Gasteiger charge is 2.20. The molecule has 1 N–H and O–H groups in total. The standard InChI is InChI=1S/C15H19ClN4O3/c1-5-6-9-7-17-12-10(11(9)18-13(21)8(2)16)14(22)20(4)15(23)19(12)3/h7-8H,5-6H2,1-4H3,(H,17,18,21). The number of halogens is 1. The molecule has 0 aromatic carbocycles. The molecule has 0 bridgehead atoms. The molecule has 2 aromatic heterocycles. The van der Waals surface area contributed by atoms with E-state index in [2.05, 4.69) is 10.3 Å². The number of carbonyl (C=O) groups is 1. The van der Waals surface area contributed by atoms with Crippen molar-refractivity contribution in [1.29, 1.82) is 0 Å². The molecular formula is C15H19ClN4O3. The van der Waals surface area contributed by atoms with Gasteiger partial charge in [0, 0.05) is 20.3 Å². The predicted octanol–water partition coefficient (Wildman–Crippen LogP) is 1.15. The van der Waals surface area contributed by atoms with Gasteiger partial charge in [0.25, 0.3) is 5.56 Å². The summed E-state index contributed by atoms with van der Waals surface area (Å²) in [5.41, 5.74) is 0.384. The minimum atomic E-state index is -0.746.